The highest BCUT2D eigenvalue weighted by molar-refractivity contribution is 8.00. The molecule has 1 saturated heterocycles. The highest BCUT2D eigenvalue weighted by Gasteiger charge is 2.34. The number of carbonyl (C=O) groups excluding carboxylic acids is 2. The Balaban J connectivity index is 1.35. The Hall–Kier alpha value is -3.12. The molecule has 0 radical (unpaired) electrons. The largest absolute Gasteiger partial charge is 0.322 e. The van der Waals surface area contributed by atoms with Gasteiger partial charge in [-0.3, -0.25) is 14.5 Å². The van der Waals surface area contributed by atoms with Crippen molar-refractivity contribution in [3.63, 3.8) is 0 Å². The zero-order valence-electron chi connectivity index (χ0n) is 16.8. The van der Waals surface area contributed by atoms with Crippen molar-refractivity contribution < 1.29 is 14.0 Å². The van der Waals surface area contributed by atoms with Gasteiger partial charge in [-0.1, -0.05) is 30.3 Å². The highest BCUT2D eigenvalue weighted by Crippen LogP contribution is 2.43. The predicted molar refractivity (Wildman–Crippen MR) is 122 cm³/mol. The van der Waals surface area contributed by atoms with E-state index in [9.17, 15) is 14.0 Å². The number of halogens is 1. The lowest BCUT2D eigenvalue weighted by Crippen LogP contribution is -2.27. The van der Waals surface area contributed by atoms with Crippen LogP contribution in [0.4, 0.5) is 15.8 Å². The third-order valence-electron chi connectivity index (χ3n) is 5.80. The average Bonchev–Trinajstić information content (AvgIpc) is 3.40. The van der Waals surface area contributed by atoms with Crippen LogP contribution in [0.25, 0.3) is 0 Å². The van der Waals surface area contributed by atoms with Gasteiger partial charge in [0.2, 0.25) is 5.91 Å². The molecule has 156 valence electrons. The second kappa shape index (κ2) is 8.19. The first-order valence-corrected chi connectivity index (χ1v) is 11.4. The SMILES string of the molecule is O=C(Nc1ccc([C@H]2SCC(=O)N2c2ccc3c(c2)CCC3)cc1)c1ccccc1F. The van der Waals surface area contributed by atoms with Gasteiger partial charge in [-0.25, -0.2) is 4.39 Å². The van der Waals surface area contributed by atoms with E-state index in [0.29, 0.717) is 11.4 Å². The summed E-state index contributed by atoms with van der Waals surface area (Å²) in [7, 11) is 0. The highest BCUT2D eigenvalue weighted by atomic mass is 32.2. The van der Waals surface area contributed by atoms with Crippen LogP contribution in [-0.2, 0) is 17.6 Å². The lowest BCUT2D eigenvalue weighted by molar-refractivity contribution is -0.115. The number of thioether (sulfide) groups is 1. The van der Waals surface area contributed by atoms with Gasteiger partial charge in [-0.2, -0.15) is 0 Å². The van der Waals surface area contributed by atoms with Crippen LogP contribution >= 0.6 is 11.8 Å². The first kappa shape index (κ1) is 19.8. The van der Waals surface area contributed by atoms with Crippen molar-refractivity contribution in [3.8, 4) is 0 Å². The predicted octanol–water partition coefficient (Wildman–Crippen LogP) is 5.35. The van der Waals surface area contributed by atoms with Gasteiger partial charge in [0, 0.05) is 11.4 Å². The molecular weight excluding hydrogens is 411 g/mol. The van der Waals surface area contributed by atoms with Crippen molar-refractivity contribution in [3.05, 3.63) is 94.8 Å². The van der Waals surface area contributed by atoms with E-state index >= 15 is 0 Å². The molecule has 1 aliphatic heterocycles. The molecule has 0 aromatic heterocycles. The van der Waals surface area contributed by atoms with Gasteiger partial charge in [-0.05, 0) is 72.4 Å². The molecule has 0 bridgehead atoms. The fraction of sp³-hybridized carbons (Fsp3) is 0.200. The monoisotopic (exact) mass is 432 g/mol. The summed E-state index contributed by atoms with van der Waals surface area (Å²) in [4.78, 5) is 26.9. The summed E-state index contributed by atoms with van der Waals surface area (Å²) in [6.07, 6.45) is 3.35. The maximum atomic E-state index is 13.8. The number of nitrogens with one attached hydrogen (secondary N) is 1. The standard InChI is InChI=1S/C25H21FN2O2S/c26-22-7-2-1-6-21(22)24(30)27-19-11-8-17(9-12-19)25-28(23(29)15-31-25)20-13-10-16-4-3-5-18(16)14-20/h1-2,6-14,25H,3-5,15H2,(H,27,30)/t25-/m1/s1. The summed E-state index contributed by atoms with van der Waals surface area (Å²) < 4.78 is 13.8. The number of benzene rings is 3. The van der Waals surface area contributed by atoms with E-state index in [4.69, 9.17) is 0 Å². The molecule has 0 saturated carbocycles. The fourth-order valence-corrected chi connectivity index (χ4v) is 5.41. The van der Waals surface area contributed by atoms with Gasteiger partial charge in [0.15, 0.2) is 0 Å². The van der Waals surface area contributed by atoms with Crippen LogP contribution in [-0.4, -0.2) is 17.6 Å². The van der Waals surface area contributed by atoms with Crippen LogP contribution in [0.1, 0.15) is 38.8 Å². The van der Waals surface area contributed by atoms with Crippen LogP contribution in [0.15, 0.2) is 66.7 Å². The average molecular weight is 433 g/mol. The second-order valence-electron chi connectivity index (χ2n) is 7.79. The number of aryl methyl sites for hydroxylation is 2. The molecule has 0 unspecified atom stereocenters. The molecule has 1 N–H and O–H groups in total. The number of anilines is 2. The molecule has 31 heavy (non-hydrogen) atoms. The Kier molecular flexibility index (Phi) is 5.24. The van der Waals surface area contributed by atoms with Crippen molar-refractivity contribution in [1.82, 2.24) is 0 Å². The summed E-state index contributed by atoms with van der Waals surface area (Å²) in [5.41, 5.74) is 5.24. The zero-order valence-corrected chi connectivity index (χ0v) is 17.6. The van der Waals surface area contributed by atoms with Crippen molar-refractivity contribution in [2.75, 3.05) is 16.0 Å². The summed E-state index contributed by atoms with van der Waals surface area (Å²) in [6.45, 7) is 0. The molecule has 2 amide bonds. The van der Waals surface area contributed by atoms with E-state index in [1.165, 1.54) is 29.7 Å². The summed E-state index contributed by atoms with van der Waals surface area (Å²) in [6, 6.07) is 19.6. The minimum Gasteiger partial charge on any atom is -0.322 e. The zero-order chi connectivity index (χ0) is 21.4. The lowest BCUT2D eigenvalue weighted by Gasteiger charge is -2.25. The summed E-state index contributed by atoms with van der Waals surface area (Å²) in [5, 5.41) is 2.62. The van der Waals surface area contributed by atoms with Crippen LogP contribution in [0.2, 0.25) is 0 Å². The second-order valence-corrected chi connectivity index (χ2v) is 8.86. The summed E-state index contributed by atoms with van der Waals surface area (Å²) >= 11 is 1.60. The normalized spacial score (nSPS) is 17.6. The first-order chi connectivity index (χ1) is 15.1. The van der Waals surface area contributed by atoms with E-state index in [1.807, 2.05) is 23.1 Å². The molecule has 1 heterocycles. The molecule has 2 aliphatic rings. The molecule has 1 atom stereocenters. The number of hydrogen-bond donors (Lipinski definition) is 1. The van der Waals surface area contributed by atoms with Gasteiger partial charge in [0.25, 0.3) is 5.91 Å². The third kappa shape index (κ3) is 3.83. The van der Waals surface area contributed by atoms with E-state index in [2.05, 4.69) is 17.4 Å². The third-order valence-corrected chi connectivity index (χ3v) is 7.01. The van der Waals surface area contributed by atoms with Crippen molar-refractivity contribution in [2.24, 2.45) is 0 Å². The van der Waals surface area contributed by atoms with Crippen molar-refractivity contribution in [2.45, 2.75) is 24.6 Å². The fourth-order valence-electron chi connectivity index (χ4n) is 4.23. The number of carbonyl (C=O) groups is 2. The van der Waals surface area contributed by atoms with Gasteiger partial charge in [0.1, 0.15) is 11.2 Å². The van der Waals surface area contributed by atoms with Crippen molar-refractivity contribution >= 4 is 35.0 Å². The number of hydrogen-bond acceptors (Lipinski definition) is 3. The summed E-state index contributed by atoms with van der Waals surface area (Å²) in [5.74, 6) is -0.503. The van der Waals surface area contributed by atoms with Crippen LogP contribution in [0.3, 0.4) is 0 Å². The molecule has 1 aliphatic carbocycles. The molecular formula is C25H21FN2O2S. The molecule has 4 nitrogen and oxygen atoms in total. The van der Waals surface area contributed by atoms with Crippen LogP contribution < -0.4 is 10.2 Å². The molecule has 0 spiro atoms. The number of amides is 2. The first-order valence-electron chi connectivity index (χ1n) is 10.3. The quantitative estimate of drug-likeness (QED) is 0.605. The smallest absolute Gasteiger partial charge is 0.258 e. The van der Waals surface area contributed by atoms with Crippen LogP contribution in [0, 0.1) is 5.82 Å². The molecule has 6 heteroatoms. The number of nitrogens with zero attached hydrogens (tertiary/aromatic N) is 1. The Morgan fingerprint density at radius 1 is 1.00 bits per heavy atom. The van der Waals surface area contributed by atoms with Gasteiger partial charge in [0.05, 0.1) is 11.3 Å². The van der Waals surface area contributed by atoms with E-state index in [1.54, 1.807) is 36.0 Å². The minimum absolute atomic E-state index is 0.00584. The Morgan fingerprint density at radius 3 is 2.58 bits per heavy atom. The Morgan fingerprint density at radius 2 is 1.77 bits per heavy atom. The molecule has 1 fully saturated rings. The molecule has 3 aromatic carbocycles. The number of rotatable bonds is 4. The van der Waals surface area contributed by atoms with E-state index in [-0.39, 0.29) is 16.8 Å². The van der Waals surface area contributed by atoms with Gasteiger partial charge < -0.3 is 5.32 Å². The maximum absolute atomic E-state index is 13.8. The number of fused-ring (bicyclic) bond motifs is 1. The Bertz CT molecular complexity index is 1160. The van der Waals surface area contributed by atoms with E-state index < -0.39 is 11.7 Å². The lowest BCUT2D eigenvalue weighted by atomic mass is 10.1. The van der Waals surface area contributed by atoms with Gasteiger partial charge >= 0.3 is 0 Å². The van der Waals surface area contributed by atoms with Gasteiger partial charge in [-0.15, -0.1) is 11.8 Å². The van der Waals surface area contributed by atoms with Crippen molar-refractivity contribution in [1.29, 1.82) is 0 Å². The van der Waals surface area contributed by atoms with Crippen LogP contribution in [0.5, 0.6) is 0 Å². The topological polar surface area (TPSA) is 49.4 Å². The Labute approximate surface area is 184 Å². The molecule has 3 aromatic rings. The maximum Gasteiger partial charge on any atom is 0.258 e. The van der Waals surface area contributed by atoms with E-state index in [0.717, 1.165) is 24.1 Å². The minimum atomic E-state index is -0.553. The molecule has 5 rings (SSSR count).